The predicted octanol–water partition coefficient (Wildman–Crippen LogP) is 4.77. The molecule has 1 heterocycles. The van der Waals surface area contributed by atoms with Crippen LogP contribution in [0.5, 0.6) is 0 Å². The number of nitrogens with one attached hydrogen (secondary N) is 1. The number of aryl methyl sites for hydroxylation is 1. The zero-order chi connectivity index (χ0) is 19.1. The highest BCUT2D eigenvalue weighted by atomic mass is 35.5. The number of hydrogen-bond donors (Lipinski definition) is 1. The molecular weight excluding hydrogens is 376 g/mol. The first kappa shape index (κ1) is 20.2. The summed E-state index contributed by atoms with van der Waals surface area (Å²) < 4.78 is 0. The van der Waals surface area contributed by atoms with Crippen molar-refractivity contribution in [2.45, 2.75) is 31.2 Å². The molecule has 0 atom stereocenters. The summed E-state index contributed by atoms with van der Waals surface area (Å²) in [7, 11) is 0. The number of likely N-dealkylation sites (tertiary alicyclic amines) is 1. The van der Waals surface area contributed by atoms with Crippen molar-refractivity contribution in [2.75, 3.05) is 25.4 Å². The summed E-state index contributed by atoms with van der Waals surface area (Å²) in [6.45, 7) is 5.64. The van der Waals surface area contributed by atoms with Gasteiger partial charge in [-0.05, 0) is 62.7 Å². The van der Waals surface area contributed by atoms with E-state index in [9.17, 15) is 4.79 Å². The van der Waals surface area contributed by atoms with Crippen LogP contribution in [0.3, 0.4) is 0 Å². The first-order chi connectivity index (χ1) is 13.1. The molecule has 1 saturated heterocycles. The zero-order valence-electron chi connectivity index (χ0n) is 15.8. The standard InChI is InChI=1S/C22H27ClN2OS/c1-17-5-7-21(8-6-17)27-14-11-24-22(26)19-9-12-25(13-10-19)16-18-3-2-4-20(23)15-18/h2-8,15,19H,9-14,16H2,1H3,(H,24,26). The van der Waals surface area contributed by atoms with E-state index in [1.165, 1.54) is 16.0 Å². The predicted molar refractivity (Wildman–Crippen MR) is 114 cm³/mol. The highest BCUT2D eigenvalue weighted by Gasteiger charge is 2.24. The fourth-order valence-electron chi connectivity index (χ4n) is 3.37. The van der Waals surface area contributed by atoms with Gasteiger partial charge in [-0.2, -0.15) is 0 Å². The molecule has 0 bridgehead atoms. The molecule has 1 fully saturated rings. The number of amides is 1. The number of rotatable bonds is 7. The number of piperidine rings is 1. The van der Waals surface area contributed by atoms with Gasteiger partial charge in [0.05, 0.1) is 0 Å². The van der Waals surface area contributed by atoms with Crippen molar-refractivity contribution in [3.8, 4) is 0 Å². The normalized spacial score (nSPS) is 15.6. The van der Waals surface area contributed by atoms with Crippen LogP contribution >= 0.6 is 23.4 Å². The molecule has 0 unspecified atom stereocenters. The SMILES string of the molecule is Cc1ccc(SCCNC(=O)C2CCN(Cc3cccc(Cl)c3)CC2)cc1. The number of nitrogens with zero attached hydrogens (tertiary/aromatic N) is 1. The van der Waals surface area contributed by atoms with Crippen LogP contribution in [-0.2, 0) is 11.3 Å². The van der Waals surface area contributed by atoms with E-state index in [0.717, 1.165) is 49.8 Å². The number of benzene rings is 2. The lowest BCUT2D eigenvalue weighted by molar-refractivity contribution is -0.126. The first-order valence-corrected chi connectivity index (χ1v) is 10.9. The number of halogens is 1. The lowest BCUT2D eigenvalue weighted by atomic mass is 9.95. The largest absolute Gasteiger partial charge is 0.355 e. The van der Waals surface area contributed by atoms with Crippen molar-refractivity contribution in [3.05, 3.63) is 64.7 Å². The Kier molecular flexibility index (Phi) is 7.62. The summed E-state index contributed by atoms with van der Waals surface area (Å²) in [5.41, 5.74) is 2.51. The van der Waals surface area contributed by atoms with Crippen LogP contribution in [0, 0.1) is 12.8 Å². The maximum absolute atomic E-state index is 12.4. The second-order valence-electron chi connectivity index (χ2n) is 7.13. The van der Waals surface area contributed by atoms with Crippen LogP contribution in [0.15, 0.2) is 53.4 Å². The Morgan fingerprint density at radius 3 is 2.63 bits per heavy atom. The minimum absolute atomic E-state index is 0.144. The maximum Gasteiger partial charge on any atom is 0.223 e. The number of thioether (sulfide) groups is 1. The molecule has 0 aromatic heterocycles. The van der Waals surface area contributed by atoms with Gasteiger partial charge in [0, 0.05) is 34.7 Å². The molecule has 0 spiro atoms. The second-order valence-corrected chi connectivity index (χ2v) is 8.74. The molecule has 2 aromatic carbocycles. The fraction of sp³-hybridized carbons (Fsp3) is 0.409. The van der Waals surface area contributed by atoms with Gasteiger partial charge >= 0.3 is 0 Å². The van der Waals surface area contributed by atoms with Crippen molar-refractivity contribution in [1.29, 1.82) is 0 Å². The van der Waals surface area contributed by atoms with Gasteiger partial charge in [-0.3, -0.25) is 9.69 Å². The highest BCUT2D eigenvalue weighted by molar-refractivity contribution is 7.99. The van der Waals surface area contributed by atoms with Crippen LogP contribution in [0.1, 0.15) is 24.0 Å². The van der Waals surface area contributed by atoms with Gasteiger partial charge in [-0.15, -0.1) is 11.8 Å². The maximum atomic E-state index is 12.4. The van der Waals surface area contributed by atoms with Crippen LogP contribution in [-0.4, -0.2) is 36.2 Å². The van der Waals surface area contributed by atoms with Gasteiger partial charge in [-0.1, -0.05) is 41.4 Å². The van der Waals surface area contributed by atoms with Crippen LogP contribution < -0.4 is 5.32 Å². The topological polar surface area (TPSA) is 32.3 Å². The van der Waals surface area contributed by atoms with Crippen molar-refractivity contribution >= 4 is 29.3 Å². The third-order valence-corrected chi connectivity index (χ3v) is 6.19. The van der Waals surface area contributed by atoms with Gasteiger partial charge in [0.25, 0.3) is 0 Å². The molecule has 3 rings (SSSR count). The number of carbonyl (C=O) groups is 1. The molecule has 1 amide bonds. The second kappa shape index (κ2) is 10.2. The highest BCUT2D eigenvalue weighted by Crippen LogP contribution is 2.21. The minimum Gasteiger partial charge on any atom is -0.355 e. The molecule has 1 aliphatic heterocycles. The van der Waals surface area contributed by atoms with Gasteiger partial charge in [-0.25, -0.2) is 0 Å². The first-order valence-electron chi connectivity index (χ1n) is 9.54. The average Bonchev–Trinajstić information content (AvgIpc) is 2.67. The van der Waals surface area contributed by atoms with Crippen molar-refractivity contribution in [3.63, 3.8) is 0 Å². The fourth-order valence-corrected chi connectivity index (χ4v) is 4.35. The summed E-state index contributed by atoms with van der Waals surface area (Å²) in [4.78, 5) is 16.1. The molecule has 3 nitrogen and oxygen atoms in total. The Morgan fingerprint density at radius 2 is 1.93 bits per heavy atom. The molecule has 0 aliphatic carbocycles. The molecule has 27 heavy (non-hydrogen) atoms. The minimum atomic E-state index is 0.144. The molecule has 0 saturated carbocycles. The lowest BCUT2D eigenvalue weighted by Gasteiger charge is -2.31. The van der Waals surface area contributed by atoms with E-state index < -0.39 is 0 Å². The van der Waals surface area contributed by atoms with E-state index >= 15 is 0 Å². The molecule has 144 valence electrons. The van der Waals surface area contributed by atoms with Crippen molar-refractivity contribution in [2.24, 2.45) is 5.92 Å². The monoisotopic (exact) mass is 402 g/mol. The summed E-state index contributed by atoms with van der Waals surface area (Å²) >= 11 is 7.85. The van der Waals surface area contributed by atoms with Gasteiger partial charge in [0.1, 0.15) is 0 Å². The van der Waals surface area contributed by atoms with Crippen LogP contribution in [0.4, 0.5) is 0 Å². The van der Waals surface area contributed by atoms with Gasteiger partial charge < -0.3 is 5.32 Å². The smallest absolute Gasteiger partial charge is 0.223 e. The molecule has 0 radical (unpaired) electrons. The van der Waals surface area contributed by atoms with Gasteiger partial charge in [0.15, 0.2) is 0 Å². The summed E-state index contributed by atoms with van der Waals surface area (Å²) in [6, 6.07) is 16.5. The Hall–Kier alpha value is -1.49. The molecule has 5 heteroatoms. The van der Waals surface area contributed by atoms with Crippen LogP contribution in [0.2, 0.25) is 5.02 Å². The summed E-state index contributed by atoms with van der Waals surface area (Å²) in [6.07, 6.45) is 1.86. The Morgan fingerprint density at radius 1 is 1.19 bits per heavy atom. The van der Waals surface area contributed by atoms with Crippen LogP contribution in [0.25, 0.3) is 0 Å². The van der Waals surface area contributed by atoms with Crippen molar-refractivity contribution in [1.82, 2.24) is 10.2 Å². The molecular formula is C22H27ClN2OS. The Bertz CT molecular complexity index is 742. The summed E-state index contributed by atoms with van der Waals surface area (Å²) in [5.74, 6) is 1.26. The Balaban J connectivity index is 1.34. The molecule has 1 N–H and O–H groups in total. The zero-order valence-corrected chi connectivity index (χ0v) is 17.4. The number of hydrogen-bond acceptors (Lipinski definition) is 3. The summed E-state index contributed by atoms with van der Waals surface area (Å²) in [5, 5.41) is 3.89. The van der Waals surface area contributed by atoms with Crippen molar-refractivity contribution < 1.29 is 4.79 Å². The van der Waals surface area contributed by atoms with E-state index in [0.29, 0.717) is 0 Å². The number of carbonyl (C=O) groups excluding carboxylic acids is 1. The van der Waals surface area contributed by atoms with E-state index in [4.69, 9.17) is 11.6 Å². The van der Waals surface area contributed by atoms with E-state index in [2.05, 4.69) is 47.5 Å². The van der Waals surface area contributed by atoms with Gasteiger partial charge in [0.2, 0.25) is 5.91 Å². The third kappa shape index (κ3) is 6.56. The quantitative estimate of drug-likeness (QED) is 0.534. The molecule has 1 aliphatic rings. The molecule has 2 aromatic rings. The average molecular weight is 403 g/mol. The Labute approximate surface area is 171 Å². The lowest BCUT2D eigenvalue weighted by Crippen LogP contribution is -2.40. The third-order valence-electron chi connectivity index (χ3n) is 4.94. The van der Waals surface area contributed by atoms with E-state index in [1.54, 1.807) is 11.8 Å². The van der Waals surface area contributed by atoms with E-state index in [-0.39, 0.29) is 11.8 Å². The van der Waals surface area contributed by atoms with E-state index in [1.807, 2.05) is 18.2 Å².